The van der Waals surface area contributed by atoms with Crippen LogP contribution in [0.1, 0.15) is 17.3 Å². The van der Waals surface area contributed by atoms with Gasteiger partial charge < -0.3 is 14.9 Å². The van der Waals surface area contributed by atoms with Gasteiger partial charge in [0.05, 0.1) is 11.8 Å². The molecule has 0 spiro atoms. The molecule has 1 N–H and O–H groups in total. The quantitative estimate of drug-likeness (QED) is 0.815. The first-order valence-electron chi connectivity index (χ1n) is 5.74. The Kier molecular flexibility index (Phi) is 3.53. The second-order valence-electron chi connectivity index (χ2n) is 4.03. The zero-order valence-electron chi connectivity index (χ0n) is 9.83. The van der Waals surface area contributed by atoms with Crippen LogP contribution in [0.25, 0.3) is 0 Å². The lowest BCUT2D eigenvalue weighted by Crippen LogP contribution is -2.46. The normalized spacial score (nSPS) is 17.1. The Balaban J connectivity index is 2.08. The van der Waals surface area contributed by atoms with Gasteiger partial charge in [-0.25, -0.2) is 4.79 Å². The molecule has 1 aliphatic heterocycles. The molecule has 0 atom stereocenters. The summed E-state index contributed by atoms with van der Waals surface area (Å²) in [6.07, 6.45) is 1.27. The summed E-state index contributed by atoms with van der Waals surface area (Å²) in [7, 11) is 0. The standard InChI is InChI=1S/C11H16N4O2/c1-2-14-3-5-15(6-4-14)10-7-9(11(16)17)8-12-13-10/h7-8H,2-6H2,1H3,(H,16,17). The van der Waals surface area contributed by atoms with Crippen molar-refractivity contribution in [1.82, 2.24) is 15.1 Å². The Morgan fingerprint density at radius 2 is 2.12 bits per heavy atom. The SMILES string of the molecule is CCN1CCN(c2cc(C(=O)O)cnn2)CC1. The molecule has 92 valence electrons. The molecular formula is C11H16N4O2. The highest BCUT2D eigenvalue weighted by atomic mass is 16.4. The third-order valence-electron chi connectivity index (χ3n) is 3.03. The molecule has 0 radical (unpaired) electrons. The largest absolute Gasteiger partial charge is 0.478 e. The maximum Gasteiger partial charge on any atom is 0.337 e. The number of carbonyl (C=O) groups is 1. The van der Waals surface area contributed by atoms with Crippen molar-refractivity contribution in [3.63, 3.8) is 0 Å². The van der Waals surface area contributed by atoms with Gasteiger partial charge in [0.1, 0.15) is 0 Å². The number of likely N-dealkylation sites (N-methyl/N-ethyl adjacent to an activating group) is 1. The molecule has 0 aromatic carbocycles. The van der Waals surface area contributed by atoms with Gasteiger partial charge in [-0.15, -0.1) is 5.10 Å². The lowest BCUT2D eigenvalue weighted by atomic mass is 10.2. The molecule has 1 aromatic rings. The smallest absolute Gasteiger partial charge is 0.337 e. The van der Waals surface area contributed by atoms with E-state index in [2.05, 4.69) is 26.9 Å². The number of carboxylic acid groups (broad SMARTS) is 1. The molecule has 1 aliphatic rings. The van der Waals surface area contributed by atoms with E-state index >= 15 is 0 Å². The molecule has 17 heavy (non-hydrogen) atoms. The van der Waals surface area contributed by atoms with Crippen molar-refractivity contribution in [3.05, 3.63) is 17.8 Å². The van der Waals surface area contributed by atoms with Gasteiger partial charge in [0.2, 0.25) is 0 Å². The molecule has 6 nitrogen and oxygen atoms in total. The monoisotopic (exact) mass is 236 g/mol. The van der Waals surface area contributed by atoms with E-state index in [-0.39, 0.29) is 5.56 Å². The minimum absolute atomic E-state index is 0.188. The summed E-state index contributed by atoms with van der Waals surface area (Å²) >= 11 is 0. The van der Waals surface area contributed by atoms with E-state index in [1.807, 2.05) is 0 Å². The van der Waals surface area contributed by atoms with Crippen molar-refractivity contribution >= 4 is 11.8 Å². The van der Waals surface area contributed by atoms with E-state index in [1.54, 1.807) is 6.07 Å². The maximum atomic E-state index is 10.8. The summed E-state index contributed by atoms with van der Waals surface area (Å²) in [5.41, 5.74) is 0.188. The zero-order chi connectivity index (χ0) is 12.3. The van der Waals surface area contributed by atoms with Gasteiger partial charge in [-0.05, 0) is 12.6 Å². The number of rotatable bonds is 3. The molecule has 0 saturated carbocycles. The van der Waals surface area contributed by atoms with Crippen LogP contribution >= 0.6 is 0 Å². The van der Waals surface area contributed by atoms with Gasteiger partial charge in [0.25, 0.3) is 0 Å². The van der Waals surface area contributed by atoms with Crippen LogP contribution in [-0.2, 0) is 0 Å². The Morgan fingerprint density at radius 1 is 1.41 bits per heavy atom. The molecule has 0 bridgehead atoms. The van der Waals surface area contributed by atoms with E-state index in [0.717, 1.165) is 32.7 Å². The summed E-state index contributed by atoms with van der Waals surface area (Å²) in [6.45, 7) is 6.89. The first-order valence-corrected chi connectivity index (χ1v) is 5.74. The molecule has 0 aliphatic carbocycles. The molecule has 1 aromatic heterocycles. The number of piperazine rings is 1. The first-order chi connectivity index (χ1) is 8.20. The van der Waals surface area contributed by atoms with Crippen LogP contribution in [0.3, 0.4) is 0 Å². The number of aromatic carboxylic acids is 1. The fourth-order valence-corrected chi connectivity index (χ4v) is 1.92. The number of nitrogens with zero attached hydrogens (tertiary/aromatic N) is 4. The van der Waals surface area contributed by atoms with Gasteiger partial charge in [-0.2, -0.15) is 5.10 Å². The maximum absolute atomic E-state index is 10.8. The molecular weight excluding hydrogens is 220 g/mol. The molecule has 2 heterocycles. The van der Waals surface area contributed by atoms with Crippen LogP contribution in [0, 0.1) is 0 Å². The zero-order valence-corrected chi connectivity index (χ0v) is 9.83. The third kappa shape index (κ3) is 2.71. The van der Waals surface area contributed by atoms with Crippen LogP contribution in [0.4, 0.5) is 5.82 Å². The van der Waals surface area contributed by atoms with Gasteiger partial charge in [0, 0.05) is 26.2 Å². The van der Waals surface area contributed by atoms with Crippen molar-refractivity contribution in [3.8, 4) is 0 Å². The average molecular weight is 236 g/mol. The van der Waals surface area contributed by atoms with Gasteiger partial charge in [-0.3, -0.25) is 0 Å². The molecule has 2 rings (SSSR count). The second kappa shape index (κ2) is 5.09. The number of carboxylic acids is 1. The van der Waals surface area contributed by atoms with Crippen LogP contribution in [0.15, 0.2) is 12.3 Å². The Labute approximate surface area is 99.9 Å². The topological polar surface area (TPSA) is 69.6 Å². The minimum atomic E-state index is -0.964. The lowest BCUT2D eigenvalue weighted by molar-refractivity contribution is 0.0696. The van der Waals surface area contributed by atoms with Crippen molar-refractivity contribution < 1.29 is 9.90 Å². The number of hydrogen-bond acceptors (Lipinski definition) is 5. The third-order valence-corrected chi connectivity index (χ3v) is 3.03. The van der Waals surface area contributed by atoms with Crippen molar-refractivity contribution in [2.45, 2.75) is 6.92 Å². The van der Waals surface area contributed by atoms with Crippen molar-refractivity contribution in [2.24, 2.45) is 0 Å². The molecule has 6 heteroatoms. The van der Waals surface area contributed by atoms with Gasteiger partial charge in [-0.1, -0.05) is 6.92 Å². The van der Waals surface area contributed by atoms with Crippen molar-refractivity contribution in [1.29, 1.82) is 0 Å². The first kappa shape index (κ1) is 11.8. The van der Waals surface area contributed by atoms with Crippen LogP contribution in [-0.4, -0.2) is 58.9 Å². The number of hydrogen-bond donors (Lipinski definition) is 1. The van der Waals surface area contributed by atoms with E-state index in [0.29, 0.717) is 5.82 Å². The predicted octanol–water partition coefficient (Wildman–Crippen LogP) is 0.317. The summed E-state index contributed by atoms with van der Waals surface area (Å²) in [6, 6.07) is 1.58. The number of anilines is 1. The van der Waals surface area contributed by atoms with E-state index < -0.39 is 5.97 Å². The molecule has 1 saturated heterocycles. The lowest BCUT2D eigenvalue weighted by Gasteiger charge is -2.34. The summed E-state index contributed by atoms with van der Waals surface area (Å²) < 4.78 is 0. The molecule has 0 unspecified atom stereocenters. The van der Waals surface area contributed by atoms with Gasteiger partial charge in [0.15, 0.2) is 5.82 Å². The van der Waals surface area contributed by atoms with Crippen LogP contribution in [0.2, 0.25) is 0 Å². The molecule has 1 fully saturated rings. The van der Waals surface area contributed by atoms with E-state index in [4.69, 9.17) is 5.11 Å². The molecule has 0 amide bonds. The fourth-order valence-electron chi connectivity index (χ4n) is 1.92. The highest BCUT2D eigenvalue weighted by molar-refractivity contribution is 5.87. The Morgan fingerprint density at radius 3 is 2.71 bits per heavy atom. The average Bonchev–Trinajstić information content (AvgIpc) is 2.39. The number of aromatic nitrogens is 2. The Bertz CT molecular complexity index is 402. The highest BCUT2D eigenvalue weighted by Crippen LogP contribution is 2.13. The summed E-state index contributed by atoms with van der Waals surface area (Å²) in [4.78, 5) is 15.3. The highest BCUT2D eigenvalue weighted by Gasteiger charge is 2.18. The van der Waals surface area contributed by atoms with Crippen LogP contribution in [0.5, 0.6) is 0 Å². The predicted molar refractivity (Wildman–Crippen MR) is 63.3 cm³/mol. The Hall–Kier alpha value is -1.69. The van der Waals surface area contributed by atoms with E-state index in [9.17, 15) is 4.79 Å². The fraction of sp³-hybridized carbons (Fsp3) is 0.545. The van der Waals surface area contributed by atoms with Gasteiger partial charge >= 0.3 is 5.97 Å². The summed E-state index contributed by atoms with van der Waals surface area (Å²) in [5, 5.41) is 16.6. The summed E-state index contributed by atoms with van der Waals surface area (Å²) in [5.74, 6) is -0.311. The van der Waals surface area contributed by atoms with Crippen LogP contribution < -0.4 is 4.90 Å². The van der Waals surface area contributed by atoms with Crippen molar-refractivity contribution in [2.75, 3.05) is 37.6 Å². The minimum Gasteiger partial charge on any atom is -0.478 e. The second-order valence-corrected chi connectivity index (χ2v) is 4.03. The van der Waals surface area contributed by atoms with E-state index in [1.165, 1.54) is 6.20 Å².